The average Bonchev–Trinajstić information content (AvgIpc) is 2.31. The predicted molar refractivity (Wildman–Crippen MR) is 71.4 cm³/mol. The zero-order valence-corrected chi connectivity index (χ0v) is 10.6. The largest absolute Gasteiger partial charge is 0.508 e. The fraction of sp³-hybridized carbons (Fsp3) is 0.143. The summed E-state index contributed by atoms with van der Waals surface area (Å²) in [6, 6.07) is 7.29. The second-order valence-electron chi connectivity index (χ2n) is 4.28. The maximum absolute atomic E-state index is 12.0. The number of hydrogen-bond donors (Lipinski definition) is 3. The fourth-order valence-corrected chi connectivity index (χ4v) is 1.74. The van der Waals surface area contributed by atoms with Crippen molar-refractivity contribution in [2.45, 2.75) is 13.8 Å². The van der Waals surface area contributed by atoms with Crippen LogP contribution in [-0.4, -0.2) is 21.1 Å². The summed E-state index contributed by atoms with van der Waals surface area (Å²) >= 11 is 0. The van der Waals surface area contributed by atoms with Crippen LogP contribution in [0.4, 0.5) is 5.69 Å². The third-order valence-electron chi connectivity index (χ3n) is 2.64. The van der Waals surface area contributed by atoms with Crippen LogP contribution >= 0.6 is 0 Å². The number of carbonyl (C=O) groups is 1. The quantitative estimate of drug-likeness (QED) is 0.772. The summed E-state index contributed by atoms with van der Waals surface area (Å²) in [5.74, 6) is -0.743. The van der Waals surface area contributed by atoms with Crippen molar-refractivity contribution >= 4 is 11.6 Å². The van der Waals surface area contributed by atoms with Gasteiger partial charge < -0.3 is 15.5 Å². The van der Waals surface area contributed by atoms with E-state index in [2.05, 4.69) is 10.3 Å². The number of nitrogens with zero attached hydrogens (tertiary/aromatic N) is 1. The number of pyridine rings is 1. The zero-order valence-electron chi connectivity index (χ0n) is 10.6. The number of nitrogens with one attached hydrogen (secondary N) is 1. The molecule has 0 fully saturated rings. The lowest BCUT2D eigenvalue weighted by Gasteiger charge is -2.09. The minimum Gasteiger partial charge on any atom is -0.508 e. The molecule has 98 valence electrons. The van der Waals surface area contributed by atoms with Crippen LogP contribution < -0.4 is 5.32 Å². The highest BCUT2D eigenvalue weighted by Crippen LogP contribution is 2.21. The van der Waals surface area contributed by atoms with Crippen LogP contribution in [0.5, 0.6) is 11.5 Å². The maximum atomic E-state index is 12.0. The molecule has 0 unspecified atom stereocenters. The van der Waals surface area contributed by atoms with Crippen molar-refractivity contribution in [3.8, 4) is 11.5 Å². The SMILES string of the molecule is Cc1ccc(NC(=O)c2cc(O)cc(O)c2)c(C)n1. The summed E-state index contributed by atoms with van der Waals surface area (Å²) < 4.78 is 0. The van der Waals surface area contributed by atoms with E-state index in [-0.39, 0.29) is 17.1 Å². The average molecular weight is 258 g/mol. The van der Waals surface area contributed by atoms with Gasteiger partial charge in [-0.05, 0) is 38.1 Å². The molecule has 3 N–H and O–H groups in total. The molecule has 2 aromatic rings. The Balaban J connectivity index is 2.25. The third kappa shape index (κ3) is 3.01. The molecule has 5 nitrogen and oxygen atoms in total. The van der Waals surface area contributed by atoms with Crippen LogP contribution in [0.3, 0.4) is 0 Å². The van der Waals surface area contributed by atoms with Crippen LogP contribution in [0.15, 0.2) is 30.3 Å². The first-order valence-corrected chi connectivity index (χ1v) is 5.74. The molecule has 2 rings (SSSR count). The maximum Gasteiger partial charge on any atom is 0.255 e. The lowest BCUT2D eigenvalue weighted by Crippen LogP contribution is -2.13. The minimum atomic E-state index is -0.417. The molecule has 1 amide bonds. The Labute approximate surface area is 110 Å². The monoisotopic (exact) mass is 258 g/mol. The molecular weight excluding hydrogens is 244 g/mol. The van der Waals surface area contributed by atoms with E-state index < -0.39 is 5.91 Å². The number of phenols is 2. The van der Waals surface area contributed by atoms with E-state index in [9.17, 15) is 15.0 Å². The van der Waals surface area contributed by atoms with Crippen LogP contribution in [0.25, 0.3) is 0 Å². The molecule has 1 heterocycles. The third-order valence-corrected chi connectivity index (χ3v) is 2.64. The number of amides is 1. The predicted octanol–water partition coefficient (Wildman–Crippen LogP) is 2.36. The smallest absolute Gasteiger partial charge is 0.255 e. The summed E-state index contributed by atoms with van der Waals surface area (Å²) in [6.07, 6.45) is 0. The van der Waals surface area contributed by atoms with Crippen LogP contribution in [0, 0.1) is 13.8 Å². The Bertz CT molecular complexity index is 618. The van der Waals surface area contributed by atoms with Crippen molar-refractivity contribution in [1.29, 1.82) is 0 Å². The van der Waals surface area contributed by atoms with E-state index >= 15 is 0 Å². The zero-order chi connectivity index (χ0) is 14.0. The molecule has 0 aliphatic rings. The first-order chi connectivity index (χ1) is 8.95. The van der Waals surface area contributed by atoms with E-state index in [1.54, 1.807) is 19.1 Å². The highest BCUT2D eigenvalue weighted by Gasteiger charge is 2.10. The number of anilines is 1. The Hall–Kier alpha value is -2.56. The molecule has 0 atom stereocenters. The van der Waals surface area contributed by atoms with Crippen molar-refractivity contribution in [2.24, 2.45) is 0 Å². The normalized spacial score (nSPS) is 10.2. The Morgan fingerprint density at radius 3 is 2.32 bits per heavy atom. The second-order valence-corrected chi connectivity index (χ2v) is 4.28. The van der Waals surface area contributed by atoms with Gasteiger partial charge in [0.25, 0.3) is 5.91 Å². The van der Waals surface area contributed by atoms with Crippen molar-refractivity contribution in [2.75, 3.05) is 5.32 Å². The number of benzene rings is 1. The number of phenolic OH excluding ortho intramolecular Hbond substituents is 2. The number of aromatic hydroxyl groups is 2. The van der Waals surface area contributed by atoms with Gasteiger partial charge in [-0.1, -0.05) is 0 Å². The Kier molecular flexibility index (Phi) is 3.37. The van der Waals surface area contributed by atoms with E-state index in [1.165, 1.54) is 12.1 Å². The minimum absolute atomic E-state index is 0.163. The highest BCUT2D eigenvalue weighted by atomic mass is 16.3. The molecule has 1 aromatic carbocycles. The van der Waals surface area contributed by atoms with Crippen molar-refractivity contribution in [1.82, 2.24) is 4.98 Å². The summed E-state index contributed by atoms with van der Waals surface area (Å²) in [4.78, 5) is 16.2. The van der Waals surface area contributed by atoms with Gasteiger partial charge in [-0.25, -0.2) is 0 Å². The standard InChI is InChI=1S/C14H14N2O3/c1-8-3-4-13(9(2)15-8)16-14(19)10-5-11(17)7-12(18)6-10/h3-7,17-18H,1-2H3,(H,16,19). The molecule has 0 saturated carbocycles. The lowest BCUT2D eigenvalue weighted by molar-refractivity contribution is 0.102. The molecule has 0 radical (unpaired) electrons. The van der Waals surface area contributed by atoms with Gasteiger partial charge in [-0.2, -0.15) is 0 Å². The molecule has 5 heteroatoms. The molecule has 0 spiro atoms. The molecule has 1 aromatic heterocycles. The Morgan fingerprint density at radius 1 is 1.11 bits per heavy atom. The number of rotatable bonds is 2. The van der Waals surface area contributed by atoms with E-state index in [1.807, 2.05) is 6.92 Å². The highest BCUT2D eigenvalue weighted by molar-refractivity contribution is 6.05. The van der Waals surface area contributed by atoms with Gasteiger partial charge in [0.05, 0.1) is 11.4 Å². The van der Waals surface area contributed by atoms with E-state index in [4.69, 9.17) is 0 Å². The second kappa shape index (κ2) is 4.97. The van der Waals surface area contributed by atoms with Crippen LogP contribution in [0.2, 0.25) is 0 Å². The number of aromatic nitrogens is 1. The molecule has 0 bridgehead atoms. The van der Waals surface area contributed by atoms with Gasteiger partial charge in [-0.3, -0.25) is 9.78 Å². The summed E-state index contributed by atoms with van der Waals surface area (Å²) in [5, 5.41) is 21.4. The van der Waals surface area contributed by atoms with Crippen molar-refractivity contribution in [3.63, 3.8) is 0 Å². The van der Waals surface area contributed by atoms with Gasteiger partial charge in [0.1, 0.15) is 11.5 Å². The van der Waals surface area contributed by atoms with Gasteiger partial charge >= 0.3 is 0 Å². The summed E-state index contributed by atoms with van der Waals surface area (Å²) in [7, 11) is 0. The molecular formula is C14H14N2O3. The fourth-order valence-electron chi connectivity index (χ4n) is 1.74. The van der Waals surface area contributed by atoms with Crippen LogP contribution in [0.1, 0.15) is 21.7 Å². The first kappa shape index (κ1) is 12.9. The van der Waals surface area contributed by atoms with Gasteiger partial charge in [0.2, 0.25) is 0 Å². The number of hydrogen-bond acceptors (Lipinski definition) is 4. The number of carbonyl (C=O) groups excluding carboxylic acids is 1. The summed E-state index contributed by atoms with van der Waals surface area (Å²) in [6.45, 7) is 3.66. The van der Waals surface area contributed by atoms with Gasteiger partial charge in [0.15, 0.2) is 0 Å². The van der Waals surface area contributed by atoms with Crippen molar-refractivity contribution in [3.05, 3.63) is 47.3 Å². The summed E-state index contributed by atoms with van der Waals surface area (Å²) in [5.41, 5.74) is 2.35. The van der Waals surface area contributed by atoms with Crippen molar-refractivity contribution < 1.29 is 15.0 Å². The topological polar surface area (TPSA) is 82.5 Å². The first-order valence-electron chi connectivity index (χ1n) is 5.74. The Morgan fingerprint density at radius 2 is 1.74 bits per heavy atom. The van der Waals surface area contributed by atoms with Gasteiger partial charge in [0, 0.05) is 17.3 Å². The molecule has 0 saturated heterocycles. The van der Waals surface area contributed by atoms with Gasteiger partial charge in [-0.15, -0.1) is 0 Å². The molecule has 0 aliphatic carbocycles. The van der Waals surface area contributed by atoms with Crippen LogP contribution in [-0.2, 0) is 0 Å². The molecule has 0 aliphatic heterocycles. The molecule has 19 heavy (non-hydrogen) atoms. The lowest BCUT2D eigenvalue weighted by atomic mass is 10.1. The van der Waals surface area contributed by atoms with E-state index in [0.29, 0.717) is 11.4 Å². The number of aryl methyl sites for hydroxylation is 2. The van der Waals surface area contributed by atoms with E-state index in [0.717, 1.165) is 11.8 Å².